The third-order valence-corrected chi connectivity index (χ3v) is 6.33. The maximum atomic E-state index is 12.7. The molecule has 0 aliphatic carbocycles. The molecule has 1 atom stereocenters. The lowest BCUT2D eigenvalue weighted by Gasteiger charge is -2.31. The van der Waals surface area contributed by atoms with Gasteiger partial charge in [0, 0.05) is 18.7 Å². The Morgan fingerprint density at radius 2 is 2.04 bits per heavy atom. The van der Waals surface area contributed by atoms with Gasteiger partial charge in [-0.25, -0.2) is 13.2 Å². The fourth-order valence-corrected chi connectivity index (χ4v) is 4.68. The van der Waals surface area contributed by atoms with Crippen molar-refractivity contribution in [2.24, 2.45) is 0 Å². The number of amides is 1. The standard InChI is InChI=1S/C16H20N2O6S/c1-11-9-12(18-5-2-8-25(18,22)23)3-4-13(11)15(19)17-6-7-24-14(10-17)16(20)21/h3-4,9,14H,2,5-8,10H2,1H3,(H,20,21)/t14-/m1/s1. The zero-order valence-electron chi connectivity index (χ0n) is 13.8. The van der Waals surface area contributed by atoms with E-state index in [0.717, 1.165) is 0 Å². The van der Waals surface area contributed by atoms with E-state index < -0.39 is 22.1 Å². The number of aliphatic carboxylic acids is 1. The van der Waals surface area contributed by atoms with Gasteiger partial charge in [0.05, 0.1) is 24.6 Å². The first-order chi connectivity index (χ1) is 11.8. The summed E-state index contributed by atoms with van der Waals surface area (Å²) in [6.07, 6.45) is -0.432. The number of carboxylic acids is 1. The Bertz CT molecular complexity index is 807. The van der Waals surface area contributed by atoms with Crippen molar-refractivity contribution in [3.63, 3.8) is 0 Å². The number of rotatable bonds is 3. The smallest absolute Gasteiger partial charge is 0.334 e. The molecule has 0 spiro atoms. The monoisotopic (exact) mass is 368 g/mol. The third-order valence-electron chi connectivity index (χ3n) is 4.46. The number of morpholine rings is 1. The van der Waals surface area contributed by atoms with Gasteiger partial charge in [-0.1, -0.05) is 0 Å². The molecule has 1 amide bonds. The Kier molecular flexibility index (Phi) is 4.70. The summed E-state index contributed by atoms with van der Waals surface area (Å²) in [6, 6.07) is 4.91. The van der Waals surface area contributed by atoms with Crippen molar-refractivity contribution in [2.75, 3.05) is 36.3 Å². The summed E-state index contributed by atoms with van der Waals surface area (Å²) in [5, 5.41) is 9.04. The van der Waals surface area contributed by atoms with E-state index >= 15 is 0 Å². The number of sulfonamides is 1. The van der Waals surface area contributed by atoms with Crippen molar-refractivity contribution in [3.8, 4) is 0 Å². The van der Waals surface area contributed by atoms with Crippen LogP contribution < -0.4 is 4.31 Å². The number of hydrogen-bond acceptors (Lipinski definition) is 5. The van der Waals surface area contributed by atoms with Gasteiger partial charge in [0.2, 0.25) is 10.0 Å². The number of carboxylic acid groups (broad SMARTS) is 1. The fourth-order valence-electron chi connectivity index (χ4n) is 3.13. The summed E-state index contributed by atoms with van der Waals surface area (Å²) in [5.41, 5.74) is 1.64. The van der Waals surface area contributed by atoms with Crippen LogP contribution in [0.3, 0.4) is 0 Å². The van der Waals surface area contributed by atoms with Crippen LogP contribution >= 0.6 is 0 Å². The lowest BCUT2D eigenvalue weighted by molar-refractivity contribution is -0.154. The zero-order valence-corrected chi connectivity index (χ0v) is 14.7. The minimum Gasteiger partial charge on any atom is -0.479 e. The van der Waals surface area contributed by atoms with E-state index in [4.69, 9.17) is 9.84 Å². The Labute approximate surface area is 146 Å². The van der Waals surface area contributed by atoms with Crippen molar-refractivity contribution in [3.05, 3.63) is 29.3 Å². The summed E-state index contributed by atoms with van der Waals surface area (Å²) < 4.78 is 30.5. The van der Waals surface area contributed by atoms with E-state index in [1.807, 2.05) is 0 Å². The maximum Gasteiger partial charge on any atom is 0.334 e. The first kappa shape index (κ1) is 17.7. The molecule has 2 fully saturated rings. The van der Waals surface area contributed by atoms with E-state index in [1.165, 1.54) is 9.21 Å². The summed E-state index contributed by atoms with van der Waals surface area (Å²) in [4.78, 5) is 25.2. The number of aryl methyl sites for hydroxylation is 1. The van der Waals surface area contributed by atoms with Crippen LogP contribution in [0.15, 0.2) is 18.2 Å². The summed E-state index contributed by atoms with van der Waals surface area (Å²) in [7, 11) is -3.27. The molecule has 0 unspecified atom stereocenters. The molecule has 25 heavy (non-hydrogen) atoms. The Morgan fingerprint density at radius 1 is 1.28 bits per heavy atom. The van der Waals surface area contributed by atoms with Crippen molar-refractivity contribution in [1.82, 2.24) is 4.90 Å². The quantitative estimate of drug-likeness (QED) is 0.831. The van der Waals surface area contributed by atoms with Gasteiger partial charge in [0.15, 0.2) is 6.10 Å². The largest absolute Gasteiger partial charge is 0.479 e. The second-order valence-corrected chi connectivity index (χ2v) is 8.20. The van der Waals surface area contributed by atoms with Crippen LogP contribution in [0, 0.1) is 6.92 Å². The average molecular weight is 368 g/mol. The molecule has 2 heterocycles. The number of anilines is 1. The number of ether oxygens (including phenoxy) is 1. The van der Waals surface area contributed by atoms with Gasteiger partial charge >= 0.3 is 5.97 Å². The van der Waals surface area contributed by atoms with Gasteiger partial charge in [-0.3, -0.25) is 9.10 Å². The second kappa shape index (κ2) is 6.64. The topological polar surface area (TPSA) is 104 Å². The maximum absolute atomic E-state index is 12.7. The molecule has 2 saturated heterocycles. The number of nitrogens with zero attached hydrogens (tertiary/aromatic N) is 2. The predicted molar refractivity (Wildman–Crippen MR) is 90.2 cm³/mol. The molecule has 1 N–H and O–H groups in total. The molecule has 136 valence electrons. The fraction of sp³-hybridized carbons (Fsp3) is 0.500. The van der Waals surface area contributed by atoms with E-state index in [0.29, 0.717) is 36.3 Å². The second-order valence-electron chi connectivity index (χ2n) is 6.19. The highest BCUT2D eigenvalue weighted by atomic mass is 32.2. The molecule has 1 aromatic carbocycles. The van der Waals surface area contributed by atoms with Crippen LogP contribution in [0.25, 0.3) is 0 Å². The zero-order chi connectivity index (χ0) is 18.2. The Morgan fingerprint density at radius 3 is 2.64 bits per heavy atom. The molecule has 9 heteroatoms. The number of carbonyl (C=O) groups is 2. The lowest BCUT2D eigenvalue weighted by atomic mass is 10.1. The van der Waals surface area contributed by atoms with Crippen LogP contribution in [0.5, 0.6) is 0 Å². The molecule has 2 aliphatic heterocycles. The van der Waals surface area contributed by atoms with Crippen LogP contribution in [0.2, 0.25) is 0 Å². The molecule has 0 saturated carbocycles. The van der Waals surface area contributed by atoms with Crippen LogP contribution in [0.4, 0.5) is 5.69 Å². The molecule has 0 bridgehead atoms. The molecule has 0 aromatic heterocycles. The lowest BCUT2D eigenvalue weighted by Crippen LogP contribution is -2.48. The molecular formula is C16H20N2O6S. The minimum absolute atomic E-state index is 0.00410. The van der Waals surface area contributed by atoms with Crippen molar-refractivity contribution in [1.29, 1.82) is 0 Å². The highest BCUT2D eigenvalue weighted by molar-refractivity contribution is 7.93. The Balaban J connectivity index is 1.81. The number of benzene rings is 1. The molecule has 8 nitrogen and oxygen atoms in total. The van der Waals surface area contributed by atoms with Gasteiger partial charge in [0.25, 0.3) is 5.91 Å². The Hall–Kier alpha value is -2.13. The molecule has 0 radical (unpaired) electrons. The summed E-state index contributed by atoms with van der Waals surface area (Å²) >= 11 is 0. The molecule has 1 aromatic rings. The van der Waals surface area contributed by atoms with E-state index in [2.05, 4.69) is 0 Å². The summed E-state index contributed by atoms with van der Waals surface area (Å²) in [5.74, 6) is -1.23. The molecular weight excluding hydrogens is 348 g/mol. The normalized spacial score (nSPS) is 22.8. The first-order valence-corrected chi connectivity index (χ1v) is 9.65. The average Bonchev–Trinajstić information content (AvgIpc) is 2.93. The van der Waals surface area contributed by atoms with E-state index in [-0.39, 0.29) is 24.8 Å². The van der Waals surface area contributed by atoms with E-state index in [9.17, 15) is 18.0 Å². The van der Waals surface area contributed by atoms with Gasteiger partial charge < -0.3 is 14.7 Å². The third kappa shape index (κ3) is 3.47. The van der Waals surface area contributed by atoms with Gasteiger partial charge in [0.1, 0.15) is 0 Å². The number of hydrogen-bond donors (Lipinski definition) is 1. The highest BCUT2D eigenvalue weighted by Gasteiger charge is 2.31. The van der Waals surface area contributed by atoms with Gasteiger partial charge in [-0.15, -0.1) is 0 Å². The van der Waals surface area contributed by atoms with Crippen LogP contribution in [-0.4, -0.2) is 68.4 Å². The van der Waals surface area contributed by atoms with Gasteiger partial charge in [-0.2, -0.15) is 0 Å². The van der Waals surface area contributed by atoms with E-state index in [1.54, 1.807) is 25.1 Å². The van der Waals surface area contributed by atoms with Gasteiger partial charge in [-0.05, 0) is 37.1 Å². The summed E-state index contributed by atoms with van der Waals surface area (Å²) in [6.45, 7) is 2.68. The van der Waals surface area contributed by atoms with Crippen LogP contribution in [0.1, 0.15) is 22.3 Å². The molecule has 2 aliphatic rings. The minimum atomic E-state index is -3.27. The predicted octanol–water partition coefficient (Wildman–Crippen LogP) is 0.461. The SMILES string of the molecule is Cc1cc(N2CCCS2(=O)=O)ccc1C(=O)N1CCO[C@@H](C(=O)O)C1. The first-order valence-electron chi connectivity index (χ1n) is 8.04. The molecule has 3 rings (SSSR count). The van der Waals surface area contributed by atoms with Crippen LogP contribution in [-0.2, 0) is 19.6 Å². The van der Waals surface area contributed by atoms with Crippen molar-refractivity contribution >= 4 is 27.6 Å². The van der Waals surface area contributed by atoms with Crippen molar-refractivity contribution in [2.45, 2.75) is 19.4 Å². The number of carbonyl (C=O) groups excluding carboxylic acids is 1. The van der Waals surface area contributed by atoms with Crippen molar-refractivity contribution < 1.29 is 27.9 Å². The highest BCUT2D eigenvalue weighted by Crippen LogP contribution is 2.27.